The SMILES string of the molecule is Cc1ccc(-c2c(C#N)c(SCC(=O)c3cc4ccccc4oc3=O)nc(C)c2C(=O)Nc2ccccc2C)o1. The van der Waals surface area contributed by atoms with Gasteiger partial charge in [0, 0.05) is 11.1 Å². The van der Waals surface area contributed by atoms with Crippen LogP contribution in [0.5, 0.6) is 0 Å². The number of anilines is 1. The minimum Gasteiger partial charge on any atom is -0.461 e. The summed E-state index contributed by atoms with van der Waals surface area (Å²) in [5.74, 6) is -0.148. The molecule has 3 heterocycles. The summed E-state index contributed by atoms with van der Waals surface area (Å²) in [7, 11) is 0. The lowest BCUT2D eigenvalue weighted by atomic mass is 9.98. The molecular weight excluding hydrogens is 526 g/mol. The van der Waals surface area contributed by atoms with Crippen molar-refractivity contribution in [2.75, 3.05) is 11.1 Å². The van der Waals surface area contributed by atoms with Crippen LogP contribution in [0.25, 0.3) is 22.3 Å². The second-order valence-corrected chi connectivity index (χ2v) is 10.1. The van der Waals surface area contributed by atoms with Crippen LogP contribution in [0.2, 0.25) is 0 Å². The van der Waals surface area contributed by atoms with Gasteiger partial charge in [-0.3, -0.25) is 9.59 Å². The van der Waals surface area contributed by atoms with E-state index in [4.69, 9.17) is 8.83 Å². The summed E-state index contributed by atoms with van der Waals surface area (Å²) in [6, 6.07) is 21.4. The first-order valence-electron chi connectivity index (χ1n) is 12.3. The molecule has 0 aliphatic rings. The molecule has 5 aromatic rings. The van der Waals surface area contributed by atoms with E-state index in [2.05, 4.69) is 16.4 Å². The highest BCUT2D eigenvalue weighted by Crippen LogP contribution is 2.36. The monoisotopic (exact) mass is 549 g/mol. The topological polar surface area (TPSA) is 126 Å². The molecule has 0 unspecified atom stereocenters. The van der Waals surface area contributed by atoms with E-state index in [0.717, 1.165) is 17.3 Å². The van der Waals surface area contributed by atoms with Gasteiger partial charge in [-0.15, -0.1) is 0 Å². The van der Waals surface area contributed by atoms with E-state index in [-0.39, 0.29) is 33.0 Å². The number of fused-ring (bicyclic) bond motifs is 1. The fourth-order valence-corrected chi connectivity index (χ4v) is 5.26. The third kappa shape index (κ3) is 5.17. The number of nitrogens with one attached hydrogen (secondary N) is 1. The van der Waals surface area contributed by atoms with Crippen molar-refractivity contribution in [2.24, 2.45) is 0 Å². The molecule has 3 aromatic heterocycles. The Morgan fingerprint density at radius 3 is 2.48 bits per heavy atom. The molecule has 8 nitrogen and oxygen atoms in total. The van der Waals surface area contributed by atoms with E-state index >= 15 is 0 Å². The molecule has 0 saturated heterocycles. The predicted molar refractivity (Wildman–Crippen MR) is 153 cm³/mol. The Bertz CT molecular complexity index is 1900. The van der Waals surface area contributed by atoms with Crippen LogP contribution in [0, 0.1) is 32.1 Å². The van der Waals surface area contributed by atoms with Gasteiger partial charge >= 0.3 is 5.63 Å². The summed E-state index contributed by atoms with van der Waals surface area (Å²) in [5, 5.41) is 14.0. The molecule has 0 fully saturated rings. The number of benzene rings is 2. The van der Waals surface area contributed by atoms with Crippen molar-refractivity contribution in [2.45, 2.75) is 25.8 Å². The van der Waals surface area contributed by atoms with Crippen molar-refractivity contribution < 1.29 is 18.4 Å². The maximum absolute atomic E-state index is 13.6. The van der Waals surface area contributed by atoms with Crippen LogP contribution in [0.15, 0.2) is 85.4 Å². The highest BCUT2D eigenvalue weighted by atomic mass is 32.2. The van der Waals surface area contributed by atoms with E-state index in [1.165, 1.54) is 6.07 Å². The number of hydrogen-bond acceptors (Lipinski definition) is 8. The smallest absolute Gasteiger partial charge is 0.347 e. The Morgan fingerprint density at radius 2 is 1.75 bits per heavy atom. The number of aryl methyl sites for hydroxylation is 3. The van der Waals surface area contributed by atoms with Gasteiger partial charge in [0.25, 0.3) is 5.91 Å². The Hall–Kier alpha value is -4.94. The number of furan rings is 1. The average Bonchev–Trinajstić information content (AvgIpc) is 3.37. The first kappa shape index (κ1) is 26.7. The number of carbonyl (C=O) groups is 2. The number of amides is 1. The largest absolute Gasteiger partial charge is 0.461 e. The molecule has 1 N–H and O–H groups in total. The molecule has 198 valence electrons. The number of nitrogens with zero attached hydrogens (tertiary/aromatic N) is 2. The first-order valence-corrected chi connectivity index (χ1v) is 13.3. The van der Waals surface area contributed by atoms with Gasteiger partial charge in [0.1, 0.15) is 33.8 Å². The lowest BCUT2D eigenvalue weighted by Crippen LogP contribution is -2.18. The molecule has 0 atom stereocenters. The lowest BCUT2D eigenvalue weighted by molar-refractivity contribution is 0.101. The Balaban J connectivity index is 1.53. The zero-order chi connectivity index (χ0) is 28.4. The van der Waals surface area contributed by atoms with Crippen LogP contribution in [0.4, 0.5) is 5.69 Å². The minimum atomic E-state index is -0.732. The second kappa shape index (κ2) is 11.0. The first-order chi connectivity index (χ1) is 19.3. The minimum absolute atomic E-state index is 0.0856. The Labute approximate surface area is 233 Å². The number of hydrogen-bond donors (Lipinski definition) is 1. The maximum Gasteiger partial charge on any atom is 0.347 e. The van der Waals surface area contributed by atoms with E-state index < -0.39 is 17.3 Å². The van der Waals surface area contributed by atoms with Crippen LogP contribution in [0.1, 0.15) is 43.3 Å². The number of Topliss-reactive ketones (excluding diaryl/α,β-unsaturated/α-hetero) is 1. The van der Waals surface area contributed by atoms with Gasteiger partial charge in [-0.25, -0.2) is 9.78 Å². The number of ketones is 1. The third-order valence-corrected chi connectivity index (χ3v) is 7.32. The fourth-order valence-electron chi connectivity index (χ4n) is 4.34. The number of aromatic nitrogens is 1. The van der Waals surface area contributed by atoms with Crippen molar-refractivity contribution >= 4 is 40.1 Å². The van der Waals surface area contributed by atoms with Gasteiger partial charge in [-0.2, -0.15) is 5.26 Å². The fraction of sp³-hybridized carbons (Fsp3) is 0.129. The van der Waals surface area contributed by atoms with Crippen LogP contribution in [-0.4, -0.2) is 22.4 Å². The summed E-state index contributed by atoms with van der Waals surface area (Å²) >= 11 is 1.01. The van der Waals surface area contributed by atoms with Crippen LogP contribution < -0.4 is 10.9 Å². The molecule has 1 amide bonds. The zero-order valence-corrected chi connectivity index (χ0v) is 22.7. The normalized spacial score (nSPS) is 10.8. The molecule has 0 aliphatic carbocycles. The van der Waals surface area contributed by atoms with Crippen LogP contribution in [0.3, 0.4) is 0 Å². The molecule has 9 heteroatoms. The number of nitriles is 1. The molecule has 40 heavy (non-hydrogen) atoms. The Kier molecular flexibility index (Phi) is 7.36. The quantitative estimate of drug-likeness (QED) is 0.139. The summed E-state index contributed by atoms with van der Waals surface area (Å²) in [5.41, 5.74) is 2.01. The highest BCUT2D eigenvalue weighted by molar-refractivity contribution is 8.00. The van der Waals surface area contributed by atoms with E-state index in [1.54, 1.807) is 56.3 Å². The van der Waals surface area contributed by atoms with E-state index in [0.29, 0.717) is 33.9 Å². The standard InChI is InChI=1S/C31H23N3O5S/c1-17-8-4-6-10-23(17)34-29(36)27-19(3)33-30(22(15-32)28(27)26-13-12-18(2)38-26)40-16-24(35)21-14-20-9-5-7-11-25(20)39-31(21)37/h4-14H,16H2,1-3H3,(H,34,36). The van der Waals surface area contributed by atoms with Gasteiger partial charge in [0.05, 0.1) is 28.1 Å². The predicted octanol–water partition coefficient (Wildman–Crippen LogP) is 6.47. The van der Waals surface area contributed by atoms with Gasteiger partial charge in [0.2, 0.25) is 0 Å². The molecule has 0 aliphatic heterocycles. The molecule has 0 saturated carbocycles. The molecule has 0 radical (unpaired) electrons. The maximum atomic E-state index is 13.6. The van der Waals surface area contributed by atoms with E-state index in [1.807, 2.05) is 25.1 Å². The summed E-state index contributed by atoms with van der Waals surface area (Å²) in [6.07, 6.45) is 0. The van der Waals surface area contributed by atoms with Crippen LogP contribution in [-0.2, 0) is 0 Å². The van der Waals surface area contributed by atoms with Crippen molar-refractivity contribution in [1.82, 2.24) is 4.98 Å². The number of para-hydroxylation sites is 2. The van der Waals surface area contributed by atoms with Crippen molar-refractivity contribution in [1.29, 1.82) is 5.26 Å². The molecule has 0 spiro atoms. The number of rotatable bonds is 7. The van der Waals surface area contributed by atoms with Gasteiger partial charge < -0.3 is 14.2 Å². The molecule has 5 rings (SSSR count). The zero-order valence-electron chi connectivity index (χ0n) is 21.9. The number of thioether (sulfide) groups is 1. The van der Waals surface area contributed by atoms with Crippen molar-refractivity contribution in [3.63, 3.8) is 0 Å². The average molecular weight is 550 g/mol. The summed E-state index contributed by atoms with van der Waals surface area (Å²) in [6.45, 7) is 5.31. The molecular formula is C31H23N3O5S. The van der Waals surface area contributed by atoms with E-state index in [9.17, 15) is 19.6 Å². The summed E-state index contributed by atoms with van der Waals surface area (Å²) < 4.78 is 11.1. The third-order valence-electron chi connectivity index (χ3n) is 6.35. The Morgan fingerprint density at radius 1 is 1.00 bits per heavy atom. The second-order valence-electron chi connectivity index (χ2n) is 9.12. The van der Waals surface area contributed by atoms with Gasteiger partial charge in [-0.1, -0.05) is 48.2 Å². The van der Waals surface area contributed by atoms with Crippen LogP contribution >= 0.6 is 11.8 Å². The lowest BCUT2D eigenvalue weighted by Gasteiger charge is -2.16. The summed E-state index contributed by atoms with van der Waals surface area (Å²) in [4.78, 5) is 43.6. The van der Waals surface area contributed by atoms with Crippen molar-refractivity contribution in [3.05, 3.63) is 111 Å². The number of pyridine rings is 1. The number of carbonyl (C=O) groups excluding carboxylic acids is 2. The molecule has 2 aromatic carbocycles. The highest BCUT2D eigenvalue weighted by Gasteiger charge is 2.27. The molecule has 0 bridgehead atoms. The van der Waals surface area contributed by atoms with Gasteiger partial charge in [0.15, 0.2) is 5.78 Å². The van der Waals surface area contributed by atoms with Crippen molar-refractivity contribution in [3.8, 4) is 17.4 Å². The van der Waals surface area contributed by atoms with Gasteiger partial charge in [-0.05, 0) is 56.7 Å².